The number of fused-ring (bicyclic) bond motifs is 1. The number of hydrogen-bond donors (Lipinski definition) is 0. The van der Waals surface area contributed by atoms with Gasteiger partial charge in [0.2, 0.25) is 5.89 Å². The number of benzene rings is 2. The van der Waals surface area contributed by atoms with Crippen molar-refractivity contribution in [2.75, 3.05) is 6.54 Å². The summed E-state index contributed by atoms with van der Waals surface area (Å²) in [5.74, 6) is 0.955. The number of likely N-dealkylation sites (tertiary alicyclic amines) is 1. The zero-order chi connectivity index (χ0) is 19.6. The highest BCUT2D eigenvalue weighted by Gasteiger charge is 2.35. The monoisotopic (exact) mass is 385 g/mol. The third-order valence-corrected chi connectivity index (χ3v) is 5.17. The normalized spacial score (nSPS) is 15.9. The number of rotatable bonds is 5. The molecular formula is C23H19N3O3. The van der Waals surface area contributed by atoms with Gasteiger partial charge in [0.15, 0.2) is 12.3 Å². The van der Waals surface area contributed by atoms with Crippen LogP contribution in [-0.4, -0.2) is 27.3 Å². The molecule has 0 bridgehead atoms. The summed E-state index contributed by atoms with van der Waals surface area (Å²) < 4.78 is 11.2. The fourth-order valence-corrected chi connectivity index (χ4v) is 3.56. The van der Waals surface area contributed by atoms with Gasteiger partial charge in [0.1, 0.15) is 12.0 Å². The summed E-state index contributed by atoms with van der Waals surface area (Å²) in [6, 6.07) is 19.7. The van der Waals surface area contributed by atoms with Crippen LogP contribution in [0.3, 0.4) is 0 Å². The molecule has 1 aliphatic heterocycles. The average Bonchev–Trinajstić information content (AvgIpc) is 3.21. The second kappa shape index (κ2) is 7.39. The van der Waals surface area contributed by atoms with Gasteiger partial charge in [-0.2, -0.15) is 0 Å². The first kappa shape index (κ1) is 17.4. The Morgan fingerprint density at radius 3 is 2.86 bits per heavy atom. The molecule has 0 saturated carbocycles. The van der Waals surface area contributed by atoms with E-state index >= 15 is 0 Å². The van der Waals surface area contributed by atoms with Crippen molar-refractivity contribution in [3.8, 4) is 5.75 Å². The molecule has 6 nitrogen and oxygen atoms in total. The van der Waals surface area contributed by atoms with Crippen LogP contribution in [-0.2, 0) is 6.61 Å². The highest BCUT2D eigenvalue weighted by Crippen LogP contribution is 2.34. The molecule has 0 aliphatic carbocycles. The predicted octanol–water partition coefficient (Wildman–Crippen LogP) is 4.39. The van der Waals surface area contributed by atoms with Crippen molar-refractivity contribution in [2.45, 2.75) is 19.1 Å². The van der Waals surface area contributed by atoms with Gasteiger partial charge in [0, 0.05) is 18.1 Å². The van der Waals surface area contributed by atoms with Gasteiger partial charge in [-0.05, 0) is 36.2 Å². The van der Waals surface area contributed by atoms with Crippen molar-refractivity contribution in [2.24, 2.45) is 0 Å². The Hall–Kier alpha value is -3.67. The van der Waals surface area contributed by atoms with Crippen LogP contribution >= 0.6 is 0 Å². The first-order valence-corrected chi connectivity index (χ1v) is 9.56. The van der Waals surface area contributed by atoms with Crippen molar-refractivity contribution < 1.29 is 13.9 Å². The van der Waals surface area contributed by atoms with Crippen LogP contribution in [0.15, 0.2) is 77.5 Å². The SMILES string of the molecule is O=C(c1coc(COc2ccc3ncccc3c2)n1)N1CC[C@H]1c1ccccc1. The van der Waals surface area contributed by atoms with E-state index in [0.717, 1.165) is 29.4 Å². The number of pyridine rings is 1. The molecule has 144 valence electrons. The Labute approximate surface area is 167 Å². The highest BCUT2D eigenvalue weighted by atomic mass is 16.5. The van der Waals surface area contributed by atoms with Gasteiger partial charge in [-0.15, -0.1) is 0 Å². The lowest BCUT2D eigenvalue weighted by atomic mass is 9.94. The quantitative estimate of drug-likeness (QED) is 0.510. The van der Waals surface area contributed by atoms with Crippen LogP contribution < -0.4 is 4.74 Å². The van der Waals surface area contributed by atoms with E-state index in [4.69, 9.17) is 9.15 Å². The van der Waals surface area contributed by atoms with Crippen LogP contribution in [0.5, 0.6) is 5.75 Å². The van der Waals surface area contributed by atoms with E-state index in [1.165, 1.54) is 6.26 Å². The number of carbonyl (C=O) groups excluding carboxylic acids is 1. The lowest BCUT2D eigenvalue weighted by Crippen LogP contribution is -2.45. The molecule has 2 aromatic heterocycles. The Bertz CT molecular complexity index is 1160. The number of oxazole rings is 1. The van der Waals surface area contributed by atoms with E-state index in [1.807, 2.05) is 65.6 Å². The zero-order valence-corrected chi connectivity index (χ0v) is 15.7. The number of ether oxygens (including phenoxy) is 1. The van der Waals surface area contributed by atoms with Crippen molar-refractivity contribution in [3.63, 3.8) is 0 Å². The summed E-state index contributed by atoms with van der Waals surface area (Å²) in [6.07, 6.45) is 4.13. The summed E-state index contributed by atoms with van der Waals surface area (Å²) in [5, 5.41) is 0.998. The van der Waals surface area contributed by atoms with E-state index in [1.54, 1.807) is 6.20 Å². The number of nitrogens with zero attached hydrogens (tertiary/aromatic N) is 3. The van der Waals surface area contributed by atoms with E-state index < -0.39 is 0 Å². The van der Waals surface area contributed by atoms with E-state index in [9.17, 15) is 4.79 Å². The molecule has 1 fully saturated rings. The minimum atomic E-state index is -0.114. The summed E-state index contributed by atoms with van der Waals surface area (Å²) in [5.41, 5.74) is 2.36. The van der Waals surface area contributed by atoms with Crippen LogP contribution in [0.1, 0.15) is 34.4 Å². The van der Waals surface area contributed by atoms with Gasteiger partial charge in [-0.25, -0.2) is 4.98 Å². The molecule has 3 heterocycles. The predicted molar refractivity (Wildman–Crippen MR) is 107 cm³/mol. The Kier molecular flexibility index (Phi) is 4.44. The fraction of sp³-hybridized carbons (Fsp3) is 0.174. The lowest BCUT2D eigenvalue weighted by Gasteiger charge is -2.40. The van der Waals surface area contributed by atoms with Crippen LogP contribution in [0.25, 0.3) is 10.9 Å². The maximum Gasteiger partial charge on any atom is 0.276 e. The summed E-state index contributed by atoms with van der Waals surface area (Å²) >= 11 is 0. The maximum absolute atomic E-state index is 12.8. The Balaban J connectivity index is 1.25. The minimum Gasteiger partial charge on any atom is -0.484 e. The average molecular weight is 385 g/mol. The number of aromatic nitrogens is 2. The topological polar surface area (TPSA) is 68.5 Å². The van der Waals surface area contributed by atoms with Crippen LogP contribution in [0.4, 0.5) is 0 Å². The first-order chi connectivity index (χ1) is 14.3. The van der Waals surface area contributed by atoms with Gasteiger partial charge < -0.3 is 14.1 Å². The fourth-order valence-electron chi connectivity index (χ4n) is 3.56. The Morgan fingerprint density at radius 2 is 2.03 bits per heavy atom. The third kappa shape index (κ3) is 3.45. The van der Waals surface area contributed by atoms with Crippen LogP contribution in [0.2, 0.25) is 0 Å². The standard InChI is InChI=1S/C23H19N3O3/c27-23(26-12-10-21(26)16-5-2-1-3-6-16)20-14-29-22(25-20)15-28-18-8-9-19-17(13-18)7-4-11-24-19/h1-9,11,13-14,21H,10,12,15H2/t21-/m0/s1. The van der Waals surface area contributed by atoms with Gasteiger partial charge in [-0.1, -0.05) is 36.4 Å². The van der Waals surface area contributed by atoms with Gasteiger partial charge >= 0.3 is 0 Å². The maximum atomic E-state index is 12.8. The molecule has 4 aromatic rings. The van der Waals surface area contributed by atoms with Gasteiger partial charge in [0.25, 0.3) is 5.91 Å². The zero-order valence-electron chi connectivity index (χ0n) is 15.7. The van der Waals surface area contributed by atoms with Crippen molar-refractivity contribution in [3.05, 3.63) is 90.3 Å². The molecular weight excluding hydrogens is 366 g/mol. The number of carbonyl (C=O) groups is 1. The molecule has 2 aromatic carbocycles. The molecule has 0 N–H and O–H groups in total. The molecule has 0 spiro atoms. The van der Waals surface area contributed by atoms with E-state index in [-0.39, 0.29) is 18.6 Å². The Morgan fingerprint density at radius 1 is 1.14 bits per heavy atom. The van der Waals surface area contributed by atoms with Crippen molar-refractivity contribution in [1.82, 2.24) is 14.9 Å². The molecule has 6 heteroatoms. The second-order valence-corrected chi connectivity index (χ2v) is 6.99. The van der Waals surface area contributed by atoms with Gasteiger partial charge in [0.05, 0.1) is 11.6 Å². The third-order valence-electron chi connectivity index (χ3n) is 5.17. The molecule has 1 saturated heterocycles. The molecule has 0 radical (unpaired) electrons. The minimum absolute atomic E-state index is 0.103. The molecule has 5 rings (SSSR count). The molecule has 0 unspecified atom stereocenters. The summed E-state index contributed by atoms with van der Waals surface area (Å²) in [7, 11) is 0. The van der Waals surface area contributed by atoms with E-state index in [0.29, 0.717) is 17.3 Å². The summed E-state index contributed by atoms with van der Waals surface area (Å²) in [4.78, 5) is 23.2. The first-order valence-electron chi connectivity index (χ1n) is 9.56. The van der Waals surface area contributed by atoms with Crippen LogP contribution in [0, 0.1) is 0 Å². The molecule has 29 heavy (non-hydrogen) atoms. The smallest absolute Gasteiger partial charge is 0.276 e. The van der Waals surface area contributed by atoms with E-state index in [2.05, 4.69) is 9.97 Å². The van der Waals surface area contributed by atoms with Gasteiger partial charge in [-0.3, -0.25) is 9.78 Å². The van der Waals surface area contributed by atoms with Crippen molar-refractivity contribution >= 4 is 16.8 Å². The second-order valence-electron chi connectivity index (χ2n) is 6.99. The number of amides is 1. The largest absolute Gasteiger partial charge is 0.484 e. The highest BCUT2D eigenvalue weighted by molar-refractivity contribution is 5.92. The van der Waals surface area contributed by atoms with Crippen molar-refractivity contribution in [1.29, 1.82) is 0 Å². The molecule has 1 atom stereocenters. The molecule has 1 amide bonds. The molecule has 1 aliphatic rings. The lowest BCUT2D eigenvalue weighted by molar-refractivity contribution is 0.0454. The summed E-state index contributed by atoms with van der Waals surface area (Å²) in [6.45, 7) is 0.878. The number of hydrogen-bond acceptors (Lipinski definition) is 5.